The third-order valence-electron chi connectivity index (χ3n) is 1.43. The van der Waals surface area contributed by atoms with Crippen molar-refractivity contribution >= 4 is 5.97 Å². The molecule has 0 aliphatic heterocycles. The van der Waals surface area contributed by atoms with Crippen LogP contribution in [0.4, 0.5) is 0 Å². The zero-order valence-electron chi connectivity index (χ0n) is 6.67. The molecule has 7 heteroatoms. The van der Waals surface area contributed by atoms with Gasteiger partial charge in [-0.15, -0.1) is 0 Å². The van der Waals surface area contributed by atoms with E-state index in [1.165, 1.54) is 0 Å². The molecule has 0 atom stereocenters. The van der Waals surface area contributed by atoms with Crippen LogP contribution in [0.25, 0.3) is 0 Å². The number of rotatable bonds is 3. The molecule has 1 rings (SSSR count). The summed E-state index contributed by atoms with van der Waals surface area (Å²) in [6, 6.07) is 1.54. The van der Waals surface area contributed by atoms with Crippen molar-refractivity contribution in [3.05, 3.63) is 17.7 Å². The number of phenolic OH excluding ortho intramolecular Hbond substituents is 1. The van der Waals surface area contributed by atoms with Gasteiger partial charge < -0.3 is 20.2 Å². The Hall–Kier alpha value is -1.99. The first-order valence-electron chi connectivity index (χ1n) is 3.33. The maximum absolute atomic E-state index is 10.5. The summed E-state index contributed by atoms with van der Waals surface area (Å²) in [5.74, 6) is -3.03. The highest BCUT2D eigenvalue weighted by atomic mass is 17.5. The third kappa shape index (κ3) is 1.84. The number of phenols is 2. The molecule has 0 saturated heterocycles. The Kier molecular flexibility index (Phi) is 2.75. The molecule has 7 nitrogen and oxygen atoms in total. The Morgan fingerprint density at radius 3 is 2.36 bits per heavy atom. The molecule has 1 aromatic carbocycles. The maximum Gasteiger partial charge on any atom is 0.339 e. The smallest absolute Gasteiger partial charge is 0.339 e. The van der Waals surface area contributed by atoms with Gasteiger partial charge in [0.2, 0.25) is 5.75 Å². The largest absolute Gasteiger partial charge is 0.507 e. The normalized spacial score (nSPS) is 9.79. The zero-order valence-corrected chi connectivity index (χ0v) is 6.67. The van der Waals surface area contributed by atoms with Crippen LogP contribution in [-0.4, -0.2) is 26.5 Å². The molecule has 0 radical (unpaired) electrons. The van der Waals surface area contributed by atoms with Crippen molar-refractivity contribution in [3.63, 3.8) is 0 Å². The van der Waals surface area contributed by atoms with Crippen LogP contribution in [0.2, 0.25) is 0 Å². The summed E-state index contributed by atoms with van der Waals surface area (Å²) in [4.78, 5) is 14.5. The van der Waals surface area contributed by atoms with Crippen LogP contribution in [-0.2, 0) is 5.04 Å². The van der Waals surface area contributed by atoms with E-state index >= 15 is 0 Å². The highest BCUT2D eigenvalue weighted by Gasteiger charge is 2.15. The van der Waals surface area contributed by atoms with E-state index in [0.29, 0.717) is 0 Å². The minimum absolute atomic E-state index is 0.407. The lowest BCUT2D eigenvalue weighted by Gasteiger charge is -2.04. The van der Waals surface area contributed by atoms with Crippen LogP contribution < -0.4 is 4.89 Å². The highest BCUT2D eigenvalue weighted by Crippen LogP contribution is 2.33. The highest BCUT2D eigenvalue weighted by molar-refractivity contribution is 5.91. The van der Waals surface area contributed by atoms with E-state index in [9.17, 15) is 4.79 Å². The van der Waals surface area contributed by atoms with Gasteiger partial charge >= 0.3 is 5.97 Å². The monoisotopic (exact) mass is 202 g/mol. The summed E-state index contributed by atoms with van der Waals surface area (Å²) >= 11 is 0. The number of hydrogen-bond acceptors (Lipinski definition) is 6. The number of aromatic hydroxyl groups is 2. The lowest BCUT2D eigenvalue weighted by atomic mass is 10.2. The molecule has 1 aromatic rings. The molecule has 0 aliphatic carbocycles. The van der Waals surface area contributed by atoms with E-state index in [2.05, 4.69) is 9.93 Å². The summed E-state index contributed by atoms with van der Waals surface area (Å²) in [5.41, 5.74) is -0.493. The maximum atomic E-state index is 10.5. The van der Waals surface area contributed by atoms with Crippen LogP contribution in [0.15, 0.2) is 12.1 Å². The molecule has 0 amide bonds. The fourth-order valence-electron chi connectivity index (χ4n) is 0.836. The summed E-state index contributed by atoms with van der Waals surface area (Å²) in [5, 5.41) is 37.9. The average molecular weight is 202 g/mol. The predicted molar refractivity (Wildman–Crippen MR) is 41.1 cm³/mol. The van der Waals surface area contributed by atoms with Gasteiger partial charge in [0.05, 0.1) is 0 Å². The number of carboxylic acids is 1. The number of hydrogen-bond donors (Lipinski definition) is 4. The predicted octanol–water partition coefficient (Wildman–Crippen LogP) is 0.579. The molecule has 0 unspecified atom stereocenters. The minimum Gasteiger partial charge on any atom is -0.507 e. The molecule has 0 aromatic heterocycles. The second-order valence-corrected chi connectivity index (χ2v) is 2.30. The van der Waals surface area contributed by atoms with E-state index in [4.69, 9.17) is 20.6 Å². The van der Waals surface area contributed by atoms with E-state index < -0.39 is 28.8 Å². The van der Waals surface area contributed by atoms with Gasteiger partial charge in [-0.05, 0) is 5.04 Å². The van der Waals surface area contributed by atoms with Gasteiger partial charge in [0.25, 0.3) is 0 Å². The summed E-state index contributed by atoms with van der Waals surface area (Å²) in [6.45, 7) is 0. The molecule has 0 saturated carbocycles. The van der Waals surface area contributed by atoms with E-state index in [1.54, 1.807) is 0 Å². The first kappa shape index (κ1) is 10.1. The number of carbonyl (C=O) groups is 1. The zero-order chi connectivity index (χ0) is 10.7. The van der Waals surface area contributed by atoms with Crippen molar-refractivity contribution in [1.82, 2.24) is 0 Å². The fraction of sp³-hybridized carbons (Fsp3) is 0. The van der Waals surface area contributed by atoms with Crippen LogP contribution in [0, 0.1) is 0 Å². The standard InChI is InChI=1S/C7H6O7/c8-4-2-6(13-14-12)5(9)1-3(4)7(10)11/h1-2,8-9,12H,(H,10,11). The molecule has 0 fully saturated rings. The second-order valence-electron chi connectivity index (χ2n) is 2.30. The van der Waals surface area contributed by atoms with Crippen LogP contribution in [0.3, 0.4) is 0 Å². The first-order chi connectivity index (χ1) is 6.56. The quantitative estimate of drug-likeness (QED) is 0.321. The van der Waals surface area contributed by atoms with Gasteiger partial charge in [-0.3, -0.25) is 0 Å². The van der Waals surface area contributed by atoms with Gasteiger partial charge in [-0.25, -0.2) is 10.1 Å². The van der Waals surface area contributed by atoms with Gasteiger partial charge in [-0.2, -0.15) is 0 Å². The van der Waals surface area contributed by atoms with Crippen molar-refractivity contribution in [2.24, 2.45) is 0 Å². The molecular formula is C7H6O7. The molecule has 0 bridgehead atoms. The SMILES string of the molecule is O=C(O)c1cc(O)c(OOO)cc1O. The van der Waals surface area contributed by atoms with Crippen LogP contribution in [0.5, 0.6) is 17.2 Å². The average Bonchev–Trinajstić information content (AvgIpc) is 2.10. The Morgan fingerprint density at radius 1 is 1.21 bits per heavy atom. The second kappa shape index (κ2) is 3.81. The van der Waals surface area contributed by atoms with Gasteiger partial charge in [0, 0.05) is 12.1 Å². The lowest BCUT2D eigenvalue weighted by molar-refractivity contribution is -0.439. The number of aromatic carboxylic acids is 1. The topological polar surface area (TPSA) is 116 Å². The molecule has 14 heavy (non-hydrogen) atoms. The Balaban J connectivity index is 3.17. The minimum atomic E-state index is -1.41. The van der Waals surface area contributed by atoms with E-state index in [1.807, 2.05) is 0 Å². The fourth-order valence-corrected chi connectivity index (χ4v) is 0.836. The Morgan fingerprint density at radius 2 is 1.86 bits per heavy atom. The lowest BCUT2D eigenvalue weighted by Crippen LogP contribution is -1.98. The third-order valence-corrected chi connectivity index (χ3v) is 1.43. The summed E-state index contributed by atoms with van der Waals surface area (Å²) < 4.78 is 0. The first-order valence-corrected chi connectivity index (χ1v) is 3.33. The van der Waals surface area contributed by atoms with Crippen molar-refractivity contribution in [3.8, 4) is 17.2 Å². The van der Waals surface area contributed by atoms with Crippen LogP contribution >= 0.6 is 0 Å². The molecule has 0 spiro atoms. The number of benzene rings is 1. The van der Waals surface area contributed by atoms with Crippen LogP contribution in [0.1, 0.15) is 10.4 Å². The van der Waals surface area contributed by atoms with E-state index in [0.717, 1.165) is 12.1 Å². The summed E-state index contributed by atoms with van der Waals surface area (Å²) in [7, 11) is 0. The van der Waals surface area contributed by atoms with Gasteiger partial charge in [0.15, 0.2) is 5.75 Å². The number of carboxylic acid groups (broad SMARTS) is 1. The van der Waals surface area contributed by atoms with Crippen molar-refractivity contribution < 1.29 is 35.3 Å². The summed E-state index contributed by atoms with van der Waals surface area (Å²) in [6.07, 6.45) is 0. The van der Waals surface area contributed by atoms with Crippen molar-refractivity contribution in [2.75, 3.05) is 0 Å². The molecule has 0 aliphatic rings. The Labute approximate surface area is 77.2 Å². The van der Waals surface area contributed by atoms with Gasteiger partial charge in [-0.1, -0.05) is 0 Å². The van der Waals surface area contributed by atoms with Gasteiger partial charge in [0.1, 0.15) is 11.3 Å². The molecule has 76 valence electrons. The molecule has 4 N–H and O–H groups in total. The van der Waals surface area contributed by atoms with Crippen molar-refractivity contribution in [2.45, 2.75) is 0 Å². The van der Waals surface area contributed by atoms with Crippen molar-refractivity contribution in [1.29, 1.82) is 0 Å². The molecular weight excluding hydrogens is 196 g/mol. The Bertz CT molecular complexity index is 359. The molecule has 0 heterocycles. The van der Waals surface area contributed by atoms with E-state index in [-0.39, 0.29) is 0 Å².